The summed E-state index contributed by atoms with van der Waals surface area (Å²) in [5.41, 5.74) is 5.12. The van der Waals surface area contributed by atoms with Crippen LogP contribution in [0.5, 0.6) is 11.5 Å². The smallest absolute Gasteiger partial charge is 0.161 e. The van der Waals surface area contributed by atoms with Gasteiger partial charge in [-0.15, -0.1) is 11.8 Å². The monoisotopic (exact) mass is 302 g/mol. The summed E-state index contributed by atoms with van der Waals surface area (Å²) in [7, 11) is 0. The number of thioether (sulfide) groups is 1. The average Bonchev–Trinajstić information content (AvgIpc) is 2.56. The first kappa shape index (κ1) is 14.3. The fourth-order valence-electron chi connectivity index (χ4n) is 2.51. The van der Waals surface area contributed by atoms with E-state index in [1.165, 1.54) is 4.90 Å². The maximum atomic E-state index is 5.81. The third-order valence-corrected chi connectivity index (χ3v) is 4.33. The van der Waals surface area contributed by atoms with Crippen LogP contribution in [-0.4, -0.2) is 19.5 Å². The van der Waals surface area contributed by atoms with Crippen molar-refractivity contribution < 1.29 is 9.47 Å². The number of nitrogens with one attached hydrogen (secondary N) is 1. The molecule has 2 aromatic rings. The highest BCUT2D eigenvalue weighted by molar-refractivity contribution is 7.98. The van der Waals surface area contributed by atoms with Gasteiger partial charge in [0.05, 0.1) is 6.04 Å². The molecule has 110 valence electrons. The second-order valence-electron chi connectivity index (χ2n) is 4.74. The predicted octanol–water partition coefficient (Wildman–Crippen LogP) is 2.73. The molecule has 2 aromatic carbocycles. The normalized spacial score (nSPS) is 14.8. The zero-order valence-corrected chi connectivity index (χ0v) is 12.7. The predicted molar refractivity (Wildman–Crippen MR) is 84.8 cm³/mol. The van der Waals surface area contributed by atoms with E-state index in [0.717, 1.165) is 22.6 Å². The first-order valence-electron chi connectivity index (χ1n) is 6.82. The van der Waals surface area contributed by atoms with Crippen molar-refractivity contribution in [3.8, 4) is 11.5 Å². The van der Waals surface area contributed by atoms with Crippen molar-refractivity contribution in [3.05, 3.63) is 53.6 Å². The van der Waals surface area contributed by atoms with Crippen molar-refractivity contribution in [1.29, 1.82) is 0 Å². The molecule has 0 radical (unpaired) electrons. The molecule has 0 spiro atoms. The van der Waals surface area contributed by atoms with Crippen LogP contribution in [0.4, 0.5) is 0 Å². The first-order valence-corrected chi connectivity index (χ1v) is 8.04. The number of rotatable bonds is 4. The van der Waals surface area contributed by atoms with E-state index in [0.29, 0.717) is 13.2 Å². The van der Waals surface area contributed by atoms with Crippen molar-refractivity contribution in [2.24, 2.45) is 5.84 Å². The van der Waals surface area contributed by atoms with Gasteiger partial charge in [0.2, 0.25) is 0 Å². The molecular weight excluding hydrogens is 284 g/mol. The Kier molecular flexibility index (Phi) is 4.34. The summed E-state index contributed by atoms with van der Waals surface area (Å²) in [6.07, 6.45) is 2.07. The minimum absolute atomic E-state index is 0.0792. The molecule has 3 N–H and O–H groups in total. The van der Waals surface area contributed by atoms with Crippen molar-refractivity contribution in [1.82, 2.24) is 5.43 Å². The fourth-order valence-corrected chi connectivity index (χ4v) is 3.15. The lowest BCUT2D eigenvalue weighted by Gasteiger charge is -2.23. The minimum Gasteiger partial charge on any atom is -0.486 e. The van der Waals surface area contributed by atoms with Crippen molar-refractivity contribution in [2.45, 2.75) is 10.9 Å². The van der Waals surface area contributed by atoms with Crippen LogP contribution in [0.1, 0.15) is 17.2 Å². The topological polar surface area (TPSA) is 56.5 Å². The van der Waals surface area contributed by atoms with Gasteiger partial charge in [-0.05, 0) is 35.6 Å². The summed E-state index contributed by atoms with van der Waals surface area (Å²) in [6, 6.07) is 14.1. The van der Waals surface area contributed by atoms with E-state index < -0.39 is 0 Å². The van der Waals surface area contributed by atoms with Crippen molar-refractivity contribution >= 4 is 11.8 Å². The molecule has 0 amide bonds. The molecule has 1 aliphatic rings. The van der Waals surface area contributed by atoms with E-state index in [2.05, 4.69) is 23.8 Å². The largest absolute Gasteiger partial charge is 0.486 e. The number of hydrazine groups is 1. The molecule has 0 saturated heterocycles. The number of ether oxygens (including phenoxy) is 2. The molecule has 5 heteroatoms. The van der Waals surface area contributed by atoms with E-state index in [9.17, 15) is 0 Å². The minimum atomic E-state index is -0.0792. The number of hydrogen-bond acceptors (Lipinski definition) is 5. The van der Waals surface area contributed by atoms with Gasteiger partial charge in [-0.3, -0.25) is 5.84 Å². The molecule has 0 saturated carbocycles. The highest BCUT2D eigenvalue weighted by Gasteiger charge is 2.19. The molecule has 4 nitrogen and oxygen atoms in total. The van der Waals surface area contributed by atoms with Gasteiger partial charge in [0, 0.05) is 4.90 Å². The van der Waals surface area contributed by atoms with Gasteiger partial charge in [-0.2, -0.15) is 0 Å². The van der Waals surface area contributed by atoms with Gasteiger partial charge in [-0.25, -0.2) is 5.43 Å². The number of fused-ring (bicyclic) bond motifs is 1. The molecule has 1 atom stereocenters. The number of nitrogens with two attached hydrogens (primary N) is 1. The van der Waals surface area contributed by atoms with Crippen LogP contribution < -0.4 is 20.7 Å². The van der Waals surface area contributed by atoms with E-state index in [4.69, 9.17) is 15.3 Å². The van der Waals surface area contributed by atoms with Crippen LogP contribution in [0.15, 0.2) is 47.4 Å². The molecule has 21 heavy (non-hydrogen) atoms. The van der Waals surface area contributed by atoms with Crippen LogP contribution in [0, 0.1) is 0 Å². The maximum absolute atomic E-state index is 5.81. The summed E-state index contributed by atoms with van der Waals surface area (Å²) >= 11 is 1.71. The molecule has 1 aliphatic heterocycles. The summed E-state index contributed by atoms with van der Waals surface area (Å²) in [5, 5.41) is 0. The highest BCUT2D eigenvalue weighted by atomic mass is 32.2. The van der Waals surface area contributed by atoms with Gasteiger partial charge < -0.3 is 9.47 Å². The molecule has 0 fully saturated rings. The molecule has 0 bridgehead atoms. The Balaban J connectivity index is 2.00. The molecule has 0 aliphatic carbocycles. The van der Waals surface area contributed by atoms with E-state index in [1.807, 2.05) is 30.3 Å². The number of hydrogen-bond donors (Lipinski definition) is 2. The lowest BCUT2D eigenvalue weighted by molar-refractivity contribution is 0.171. The second-order valence-corrected chi connectivity index (χ2v) is 5.59. The Hall–Kier alpha value is -1.69. The SMILES string of the molecule is CSc1ccccc1C(NN)c1ccc2c(c1)OCCO2. The third kappa shape index (κ3) is 2.85. The van der Waals surface area contributed by atoms with Gasteiger partial charge >= 0.3 is 0 Å². The van der Waals surface area contributed by atoms with Gasteiger partial charge in [-0.1, -0.05) is 24.3 Å². The Labute approximate surface area is 128 Å². The summed E-state index contributed by atoms with van der Waals surface area (Å²) in [6.45, 7) is 1.18. The van der Waals surface area contributed by atoms with Crippen LogP contribution >= 0.6 is 11.8 Å². The molecule has 3 rings (SSSR count). The van der Waals surface area contributed by atoms with Crippen LogP contribution in [-0.2, 0) is 0 Å². The van der Waals surface area contributed by atoms with Gasteiger partial charge in [0.25, 0.3) is 0 Å². The van der Waals surface area contributed by atoms with E-state index >= 15 is 0 Å². The maximum Gasteiger partial charge on any atom is 0.161 e. The van der Waals surface area contributed by atoms with Crippen molar-refractivity contribution in [2.75, 3.05) is 19.5 Å². The Morgan fingerprint density at radius 2 is 1.86 bits per heavy atom. The van der Waals surface area contributed by atoms with Crippen LogP contribution in [0.3, 0.4) is 0 Å². The van der Waals surface area contributed by atoms with Gasteiger partial charge in [0.15, 0.2) is 11.5 Å². The lowest BCUT2D eigenvalue weighted by atomic mass is 9.98. The quantitative estimate of drug-likeness (QED) is 0.517. The highest BCUT2D eigenvalue weighted by Crippen LogP contribution is 2.36. The van der Waals surface area contributed by atoms with E-state index in [1.54, 1.807) is 11.8 Å². The standard InChI is InChI=1S/C16H18N2O2S/c1-21-15-5-3-2-4-12(15)16(18-17)11-6-7-13-14(10-11)20-9-8-19-13/h2-7,10,16,18H,8-9,17H2,1H3. The van der Waals surface area contributed by atoms with Crippen LogP contribution in [0.25, 0.3) is 0 Å². The molecular formula is C16H18N2O2S. The summed E-state index contributed by atoms with van der Waals surface area (Å²) < 4.78 is 11.2. The zero-order chi connectivity index (χ0) is 14.7. The van der Waals surface area contributed by atoms with E-state index in [-0.39, 0.29) is 6.04 Å². The molecule has 1 unspecified atom stereocenters. The van der Waals surface area contributed by atoms with Gasteiger partial charge in [0.1, 0.15) is 13.2 Å². The third-order valence-electron chi connectivity index (χ3n) is 3.52. The Morgan fingerprint density at radius 1 is 1.10 bits per heavy atom. The first-order chi connectivity index (χ1) is 10.3. The number of benzene rings is 2. The zero-order valence-electron chi connectivity index (χ0n) is 11.8. The Morgan fingerprint density at radius 3 is 2.62 bits per heavy atom. The second kappa shape index (κ2) is 6.39. The lowest BCUT2D eigenvalue weighted by Crippen LogP contribution is -2.29. The van der Waals surface area contributed by atoms with Crippen molar-refractivity contribution in [3.63, 3.8) is 0 Å². The summed E-state index contributed by atoms with van der Waals surface area (Å²) in [4.78, 5) is 1.20. The average molecular weight is 302 g/mol. The molecule has 1 heterocycles. The van der Waals surface area contributed by atoms with Crippen LogP contribution in [0.2, 0.25) is 0 Å². The Bertz CT molecular complexity index is 633. The molecule has 0 aromatic heterocycles. The fraction of sp³-hybridized carbons (Fsp3) is 0.250. The summed E-state index contributed by atoms with van der Waals surface area (Å²) in [5.74, 6) is 7.37.